The van der Waals surface area contributed by atoms with Gasteiger partial charge in [-0.05, 0) is 12.8 Å². The Labute approximate surface area is 164 Å². The molecular formula is C25H46N+. The zero-order chi connectivity index (χ0) is 18.9. The normalized spacial score (nSPS) is 11.8. The van der Waals surface area contributed by atoms with Crippen LogP contribution in [0.25, 0.3) is 0 Å². The second kappa shape index (κ2) is 15.3. The van der Waals surface area contributed by atoms with Crippen molar-refractivity contribution >= 4 is 0 Å². The van der Waals surface area contributed by atoms with Crippen LogP contribution in [0.3, 0.4) is 0 Å². The molecule has 0 aliphatic carbocycles. The van der Waals surface area contributed by atoms with Crippen molar-refractivity contribution < 1.29 is 4.48 Å². The third-order valence-corrected chi connectivity index (χ3v) is 5.57. The fourth-order valence-corrected chi connectivity index (χ4v) is 3.89. The lowest BCUT2D eigenvalue weighted by Gasteiger charge is -2.30. The van der Waals surface area contributed by atoms with Crippen molar-refractivity contribution in [2.75, 3.05) is 20.6 Å². The van der Waals surface area contributed by atoms with Crippen molar-refractivity contribution in [3.63, 3.8) is 0 Å². The summed E-state index contributed by atoms with van der Waals surface area (Å²) >= 11 is 0. The molecule has 0 aliphatic heterocycles. The summed E-state index contributed by atoms with van der Waals surface area (Å²) in [5.41, 5.74) is 1.46. The maximum Gasteiger partial charge on any atom is 0.104 e. The zero-order valence-electron chi connectivity index (χ0n) is 18.1. The molecule has 1 aromatic rings. The third-order valence-electron chi connectivity index (χ3n) is 5.57. The molecule has 1 rings (SSSR count). The van der Waals surface area contributed by atoms with Crippen molar-refractivity contribution in [1.82, 2.24) is 0 Å². The molecule has 1 nitrogen and oxygen atoms in total. The van der Waals surface area contributed by atoms with Crippen LogP contribution in [0.5, 0.6) is 0 Å². The molecule has 0 heterocycles. The van der Waals surface area contributed by atoms with Crippen LogP contribution < -0.4 is 0 Å². The topological polar surface area (TPSA) is 0 Å². The first-order chi connectivity index (χ1) is 12.6. The number of hydrogen-bond donors (Lipinski definition) is 0. The molecule has 0 bridgehead atoms. The Morgan fingerprint density at radius 1 is 0.577 bits per heavy atom. The monoisotopic (exact) mass is 360 g/mol. The Hall–Kier alpha value is -0.820. The molecule has 0 saturated heterocycles. The molecule has 0 spiro atoms. The first-order valence-electron chi connectivity index (χ1n) is 11.5. The van der Waals surface area contributed by atoms with Crippen LogP contribution in [0.15, 0.2) is 30.3 Å². The van der Waals surface area contributed by atoms with Crippen LogP contribution in [-0.4, -0.2) is 25.1 Å². The second-order valence-electron chi connectivity index (χ2n) is 8.90. The highest BCUT2D eigenvalue weighted by molar-refractivity contribution is 5.13. The first-order valence-corrected chi connectivity index (χ1v) is 11.5. The van der Waals surface area contributed by atoms with E-state index in [0.29, 0.717) is 0 Å². The largest absolute Gasteiger partial charge is 0.325 e. The fourth-order valence-electron chi connectivity index (χ4n) is 3.89. The van der Waals surface area contributed by atoms with E-state index < -0.39 is 0 Å². The molecule has 1 heteroatoms. The van der Waals surface area contributed by atoms with E-state index in [2.05, 4.69) is 51.4 Å². The lowest BCUT2D eigenvalue weighted by molar-refractivity contribution is -0.903. The van der Waals surface area contributed by atoms with Gasteiger partial charge < -0.3 is 4.48 Å². The van der Waals surface area contributed by atoms with Gasteiger partial charge in [0, 0.05) is 5.56 Å². The van der Waals surface area contributed by atoms with Crippen LogP contribution >= 0.6 is 0 Å². The molecular weight excluding hydrogens is 314 g/mol. The number of benzene rings is 1. The molecule has 0 N–H and O–H groups in total. The third kappa shape index (κ3) is 13.4. The summed E-state index contributed by atoms with van der Waals surface area (Å²) in [5.74, 6) is 0. The molecule has 0 aliphatic rings. The minimum absolute atomic E-state index is 1.11. The minimum Gasteiger partial charge on any atom is -0.325 e. The van der Waals surface area contributed by atoms with E-state index in [-0.39, 0.29) is 0 Å². The zero-order valence-corrected chi connectivity index (χ0v) is 18.1. The van der Waals surface area contributed by atoms with E-state index in [9.17, 15) is 0 Å². The number of unbranched alkanes of at least 4 members (excludes halogenated alkanes) is 13. The minimum atomic E-state index is 1.11. The Morgan fingerprint density at radius 2 is 1.00 bits per heavy atom. The molecule has 150 valence electrons. The van der Waals surface area contributed by atoms with Gasteiger partial charge >= 0.3 is 0 Å². The van der Waals surface area contributed by atoms with Crippen molar-refractivity contribution in [2.45, 2.75) is 103 Å². The molecule has 0 aromatic heterocycles. The van der Waals surface area contributed by atoms with Crippen LogP contribution in [0.1, 0.15) is 102 Å². The van der Waals surface area contributed by atoms with Crippen molar-refractivity contribution in [1.29, 1.82) is 0 Å². The van der Waals surface area contributed by atoms with Gasteiger partial charge in [-0.3, -0.25) is 0 Å². The first kappa shape index (κ1) is 23.2. The summed E-state index contributed by atoms with van der Waals surface area (Å²) in [4.78, 5) is 0. The molecule has 26 heavy (non-hydrogen) atoms. The summed E-state index contributed by atoms with van der Waals surface area (Å²) in [6.07, 6.45) is 20.2. The lowest BCUT2D eigenvalue weighted by Crippen LogP contribution is -2.39. The molecule has 0 unspecified atom stereocenters. The van der Waals surface area contributed by atoms with E-state index >= 15 is 0 Å². The molecule has 0 atom stereocenters. The number of quaternary nitrogens is 1. The summed E-state index contributed by atoms with van der Waals surface area (Å²) in [6, 6.07) is 10.9. The van der Waals surface area contributed by atoms with Gasteiger partial charge in [0.05, 0.1) is 20.6 Å². The summed E-state index contributed by atoms with van der Waals surface area (Å²) in [5, 5.41) is 0. The molecule has 0 amide bonds. The maximum atomic E-state index is 2.37. The van der Waals surface area contributed by atoms with Crippen LogP contribution in [0, 0.1) is 0 Å². The highest BCUT2D eigenvalue weighted by atomic mass is 15.3. The Bertz CT molecular complexity index is 409. The van der Waals surface area contributed by atoms with E-state index in [1.165, 1.54) is 102 Å². The standard InChI is InChI=1S/C25H46N/c1-4-5-6-7-8-9-10-11-12-13-14-15-16-20-23-26(2,3)24-25-21-18-17-19-22-25/h17-19,21-22H,4-16,20,23-24H2,1-3H3/q+1. The highest BCUT2D eigenvalue weighted by Crippen LogP contribution is 2.14. The van der Waals surface area contributed by atoms with Crippen LogP contribution in [0.2, 0.25) is 0 Å². The lowest BCUT2D eigenvalue weighted by atomic mass is 10.0. The van der Waals surface area contributed by atoms with E-state index in [0.717, 1.165) is 11.0 Å². The molecule has 0 fully saturated rings. The average Bonchev–Trinajstić information content (AvgIpc) is 2.62. The van der Waals surface area contributed by atoms with E-state index in [1.54, 1.807) is 0 Å². The van der Waals surface area contributed by atoms with Crippen molar-refractivity contribution in [3.05, 3.63) is 35.9 Å². The van der Waals surface area contributed by atoms with E-state index in [1.807, 2.05) is 0 Å². The Morgan fingerprint density at radius 3 is 1.46 bits per heavy atom. The predicted octanol–water partition coefficient (Wildman–Crippen LogP) is 7.74. The average molecular weight is 361 g/mol. The van der Waals surface area contributed by atoms with Crippen molar-refractivity contribution in [3.8, 4) is 0 Å². The van der Waals surface area contributed by atoms with Gasteiger partial charge in [0.15, 0.2) is 0 Å². The van der Waals surface area contributed by atoms with Crippen LogP contribution in [0.4, 0.5) is 0 Å². The summed E-state index contributed by atoms with van der Waals surface area (Å²) in [6.45, 7) is 4.75. The van der Waals surface area contributed by atoms with Gasteiger partial charge in [-0.1, -0.05) is 114 Å². The molecule has 0 saturated carbocycles. The SMILES string of the molecule is CCCCCCCCCCCCCCCC[N+](C)(C)Cc1ccccc1. The Kier molecular flexibility index (Phi) is 13.6. The van der Waals surface area contributed by atoms with Gasteiger partial charge in [0.2, 0.25) is 0 Å². The van der Waals surface area contributed by atoms with E-state index in [4.69, 9.17) is 0 Å². The van der Waals surface area contributed by atoms with Gasteiger partial charge in [-0.2, -0.15) is 0 Å². The van der Waals surface area contributed by atoms with Gasteiger partial charge in [0.25, 0.3) is 0 Å². The number of rotatable bonds is 17. The smallest absolute Gasteiger partial charge is 0.104 e. The van der Waals surface area contributed by atoms with Crippen molar-refractivity contribution in [2.24, 2.45) is 0 Å². The quantitative estimate of drug-likeness (QED) is 0.197. The van der Waals surface area contributed by atoms with Gasteiger partial charge in [0.1, 0.15) is 6.54 Å². The summed E-state index contributed by atoms with van der Waals surface area (Å²) < 4.78 is 1.11. The second-order valence-corrected chi connectivity index (χ2v) is 8.90. The fraction of sp³-hybridized carbons (Fsp3) is 0.760. The molecule has 1 aromatic carbocycles. The Balaban J connectivity index is 1.87. The highest BCUT2D eigenvalue weighted by Gasteiger charge is 2.14. The number of nitrogens with zero attached hydrogens (tertiary/aromatic N) is 1. The van der Waals surface area contributed by atoms with Crippen LogP contribution in [-0.2, 0) is 6.54 Å². The van der Waals surface area contributed by atoms with Gasteiger partial charge in [-0.25, -0.2) is 0 Å². The van der Waals surface area contributed by atoms with Gasteiger partial charge in [-0.15, -0.1) is 0 Å². The predicted molar refractivity (Wildman–Crippen MR) is 117 cm³/mol. The summed E-state index contributed by atoms with van der Waals surface area (Å²) in [7, 11) is 4.74. The maximum absolute atomic E-state index is 2.37. The number of hydrogen-bond acceptors (Lipinski definition) is 0. The molecule has 0 radical (unpaired) electrons.